The predicted octanol–water partition coefficient (Wildman–Crippen LogP) is -3.11. The molecule has 0 aromatic carbocycles. The Bertz CT molecular complexity index is 49.0. The molecule has 2 N–H and O–H groups in total. The van der Waals surface area contributed by atoms with Crippen LogP contribution in [-0.4, -0.2) is 18.3 Å². The van der Waals surface area contributed by atoms with Crippen LogP contribution in [0.2, 0.25) is 0 Å². The Labute approximate surface area is 67.5 Å². The molecular weight excluding hydrogens is 124 g/mol. The van der Waals surface area contributed by atoms with Crippen LogP contribution in [-0.2, 0) is 4.57 Å². The van der Waals surface area contributed by atoms with E-state index in [1.165, 1.54) is 0 Å². The number of aliphatic hydroxyl groups is 1. The van der Waals surface area contributed by atoms with Crippen molar-refractivity contribution in [3.05, 3.63) is 0 Å². The van der Waals surface area contributed by atoms with Gasteiger partial charge in [-0.1, -0.05) is 0 Å². The van der Waals surface area contributed by atoms with Crippen molar-refractivity contribution >= 4 is 8.61 Å². The first-order valence-corrected chi connectivity index (χ1v) is 2.39. The van der Waals surface area contributed by atoms with Gasteiger partial charge in [0.1, 0.15) is 0 Å². The largest absolute Gasteiger partial charge is 1.00 e. The van der Waals surface area contributed by atoms with Crippen LogP contribution >= 0.6 is 8.61 Å². The molecule has 0 unspecified atom stereocenters. The van der Waals surface area contributed by atoms with Gasteiger partial charge in [-0.15, -0.1) is 0 Å². The van der Waals surface area contributed by atoms with Crippen molar-refractivity contribution < 1.29 is 40.7 Å². The Morgan fingerprint density at radius 3 is 2.57 bits per heavy atom. The Morgan fingerprint density at radius 2 is 2.43 bits per heavy atom. The van der Waals surface area contributed by atoms with Crippen LogP contribution < -0.4 is 34.6 Å². The Kier molecular flexibility index (Phi) is 15.7. The number of rotatable bonds is 3. The van der Waals surface area contributed by atoms with Gasteiger partial charge in [0.05, 0.1) is 6.61 Å². The van der Waals surface area contributed by atoms with Crippen LogP contribution in [0.25, 0.3) is 0 Å². The molecule has 0 fully saturated rings. The predicted molar refractivity (Wildman–Crippen MR) is 23.8 cm³/mol. The Hall–Kier alpha value is 1.02. The van der Waals surface area contributed by atoms with E-state index in [4.69, 9.17) is 5.11 Å². The first kappa shape index (κ1) is 10.9. The van der Waals surface area contributed by atoms with Crippen LogP contribution in [0.4, 0.5) is 0 Å². The molecule has 0 spiro atoms. The van der Waals surface area contributed by atoms with Crippen molar-refractivity contribution in [3.63, 3.8) is 0 Å². The van der Waals surface area contributed by atoms with E-state index in [-0.39, 0.29) is 46.2 Å². The van der Waals surface area contributed by atoms with E-state index in [0.29, 0.717) is 6.54 Å². The summed E-state index contributed by atoms with van der Waals surface area (Å²) in [5.74, 6) is 0. The smallest absolute Gasteiger partial charge is 1.00 e. The minimum atomic E-state index is -0.115. The van der Waals surface area contributed by atoms with Gasteiger partial charge in [0, 0.05) is 6.54 Å². The van der Waals surface area contributed by atoms with Crippen molar-refractivity contribution in [2.24, 2.45) is 0 Å². The van der Waals surface area contributed by atoms with Gasteiger partial charge in [0.15, 0.2) is 0 Å². The molecule has 0 saturated heterocycles. The molecule has 0 rings (SSSR count). The summed E-state index contributed by atoms with van der Waals surface area (Å²) in [6.07, 6.45) is 0. The van der Waals surface area contributed by atoms with Gasteiger partial charge in [-0.25, -0.2) is 5.09 Å². The molecule has 0 aliphatic rings. The molecule has 38 valence electrons. The number of hydrogen-bond donors (Lipinski definition) is 2. The quantitative estimate of drug-likeness (QED) is 0.242. The summed E-state index contributed by atoms with van der Waals surface area (Å²) < 4.78 is 9.44. The van der Waals surface area contributed by atoms with E-state index in [0.717, 1.165) is 0 Å². The van der Waals surface area contributed by atoms with Gasteiger partial charge < -0.3 is 6.53 Å². The number of hydrogen-bond acceptors (Lipinski definition) is 2. The van der Waals surface area contributed by atoms with Crippen molar-refractivity contribution in [1.82, 2.24) is 5.09 Å². The summed E-state index contributed by atoms with van der Waals surface area (Å²) in [5.41, 5.74) is 0. The zero-order chi connectivity index (χ0) is 4.83. The molecule has 0 heterocycles. The monoisotopic (exact) mass is 131 g/mol. The molecule has 0 radical (unpaired) electrons. The molecule has 0 aliphatic heterocycles. The SMILES string of the molecule is O=PNCCO.[H-].[Na+]. The van der Waals surface area contributed by atoms with Crippen molar-refractivity contribution in [2.45, 2.75) is 0 Å². The van der Waals surface area contributed by atoms with E-state index < -0.39 is 0 Å². The Balaban J connectivity index is -0.000000125. The molecule has 0 atom stereocenters. The van der Waals surface area contributed by atoms with E-state index in [1.807, 2.05) is 0 Å². The fourth-order valence-corrected chi connectivity index (χ4v) is 0.287. The number of nitrogens with one attached hydrogen (secondary N) is 1. The van der Waals surface area contributed by atoms with Gasteiger partial charge >= 0.3 is 29.6 Å². The summed E-state index contributed by atoms with van der Waals surface area (Å²) in [6.45, 7) is 0.431. The van der Waals surface area contributed by atoms with E-state index in [1.54, 1.807) is 0 Å². The third-order valence-electron chi connectivity index (χ3n) is 0.288. The third-order valence-corrected chi connectivity index (χ3v) is 0.641. The summed E-state index contributed by atoms with van der Waals surface area (Å²) in [6, 6.07) is 0. The Morgan fingerprint density at radius 1 is 1.86 bits per heavy atom. The van der Waals surface area contributed by atoms with Crippen LogP contribution in [0.1, 0.15) is 1.43 Å². The molecule has 0 aromatic heterocycles. The molecule has 0 saturated carbocycles. The minimum absolute atomic E-state index is 0. The van der Waals surface area contributed by atoms with Crippen molar-refractivity contribution in [1.29, 1.82) is 0 Å². The maximum absolute atomic E-state index is 9.44. The van der Waals surface area contributed by atoms with Crippen LogP contribution in [0.5, 0.6) is 0 Å². The first-order valence-electron chi connectivity index (χ1n) is 1.58. The summed E-state index contributed by atoms with van der Waals surface area (Å²) in [7, 11) is -0.115. The van der Waals surface area contributed by atoms with Crippen molar-refractivity contribution in [2.75, 3.05) is 13.2 Å². The molecule has 0 aliphatic carbocycles. The van der Waals surface area contributed by atoms with E-state index >= 15 is 0 Å². The molecule has 5 heteroatoms. The van der Waals surface area contributed by atoms with Crippen molar-refractivity contribution in [3.8, 4) is 0 Å². The van der Waals surface area contributed by atoms with E-state index in [9.17, 15) is 4.57 Å². The molecule has 3 nitrogen and oxygen atoms in total. The van der Waals surface area contributed by atoms with E-state index in [2.05, 4.69) is 5.09 Å². The maximum Gasteiger partial charge on any atom is 1.00 e. The second-order valence-corrected chi connectivity index (χ2v) is 1.22. The zero-order valence-corrected chi connectivity index (χ0v) is 7.11. The second-order valence-electron chi connectivity index (χ2n) is 0.723. The normalized spacial score (nSPS) is 8.14. The topological polar surface area (TPSA) is 49.3 Å². The molecule has 0 bridgehead atoms. The fourth-order valence-electron chi connectivity index (χ4n) is 0.0956. The number of aliphatic hydroxyl groups excluding tert-OH is 1. The molecule has 0 amide bonds. The summed E-state index contributed by atoms with van der Waals surface area (Å²) >= 11 is 0. The standard InChI is InChI=1S/C2H6NO2P.Na.H/c4-2-1-3-6-5;;/h4H,1-2H2,(H,3,5);;/q;+1;-1. The molecule has 0 aromatic rings. The maximum atomic E-state index is 9.44. The van der Waals surface area contributed by atoms with Gasteiger partial charge in [0.2, 0.25) is 8.61 Å². The van der Waals surface area contributed by atoms with Crippen LogP contribution in [0.3, 0.4) is 0 Å². The van der Waals surface area contributed by atoms with Gasteiger partial charge in [-0.05, 0) is 0 Å². The average molecular weight is 131 g/mol. The van der Waals surface area contributed by atoms with Gasteiger partial charge in [-0.3, -0.25) is 4.57 Å². The third kappa shape index (κ3) is 10.9. The van der Waals surface area contributed by atoms with Crippen LogP contribution in [0.15, 0.2) is 0 Å². The fraction of sp³-hybridized carbons (Fsp3) is 1.00. The molecule has 7 heavy (non-hydrogen) atoms. The van der Waals surface area contributed by atoms with Crippen LogP contribution in [0, 0.1) is 0 Å². The van der Waals surface area contributed by atoms with Gasteiger partial charge in [-0.2, -0.15) is 0 Å². The second kappa shape index (κ2) is 10.1. The first-order chi connectivity index (χ1) is 2.91. The molecular formula is C2H7NNaO2P. The summed E-state index contributed by atoms with van der Waals surface area (Å²) in [4.78, 5) is 0. The summed E-state index contributed by atoms with van der Waals surface area (Å²) in [5, 5.41) is 10.4. The minimum Gasteiger partial charge on any atom is -1.00 e. The average Bonchev–Trinajstić information content (AvgIpc) is 1.61. The zero-order valence-electron chi connectivity index (χ0n) is 5.22. The van der Waals surface area contributed by atoms with Gasteiger partial charge in [0.25, 0.3) is 0 Å².